The summed E-state index contributed by atoms with van der Waals surface area (Å²) in [6.45, 7) is 1.72. The normalized spacial score (nSPS) is 17.7. The number of rotatable bonds is 4. The van der Waals surface area contributed by atoms with Crippen LogP contribution in [0.3, 0.4) is 0 Å². The molecule has 1 unspecified atom stereocenters. The number of nitrogens with one attached hydrogen (secondary N) is 1. The van der Waals surface area contributed by atoms with Gasteiger partial charge in [0.2, 0.25) is 6.79 Å². The Morgan fingerprint density at radius 2 is 1.77 bits per heavy atom. The smallest absolute Gasteiger partial charge is 0.469 e. The molecule has 6 rings (SSSR count). The molecule has 3 aromatic rings. The minimum absolute atomic E-state index is 0.122. The quantitative estimate of drug-likeness (QED) is 0.589. The highest BCUT2D eigenvalue weighted by molar-refractivity contribution is 6.29. The second kappa shape index (κ2) is 7.98. The van der Waals surface area contributed by atoms with Crippen molar-refractivity contribution in [3.8, 4) is 17.2 Å². The average molecular weight is 470 g/mol. The van der Waals surface area contributed by atoms with Gasteiger partial charge in [0.1, 0.15) is 11.4 Å². The third-order valence-electron chi connectivity index (χ3n) is 6.06. The van der Waals surface area contributed by atoms with Crippen LogP contribution in [-0.2, 0) is 9.59 Å². The highest BCUT2D eigenvalue weighted by atomic mass is 16.7. The van der Waals surface area contributed by atoms with Crippen LogP contribution in [0.4, 0.5) is 16.2 Å². The van der Waals surface area contributed by atoms with Crippen LogP contribution >= 0.6 is 0 Å². The molecule has 1 N–H and O–H groups in total. The van der Waals surface area contributed by atoms with Crippen LogP contribution in [0.2, 0.25) is 0 Å². The second-order valence-corrected chi connectivity index (χ2v) is 8.37. The Kier molecular flexibility index (Phi) is 4.77. The van der Waals surface area contributed by atoms with Crippen molar-refractivity contribution >= 4 is 34.9 Å². The second-order valence-electron chi connectivity index (χ2n) is 8.37. The van der Waals surface area contributed by atoms with Gasteiger partial charge in [-0.2, -0.15) is 9.37 Å². The van der Waals surface area contributed by atoms with Crippen LogP contribution in [0.1, 0.15) is 11.1 Å². The first-order valence-electron chi connectivity index (χ1n) is 11.0. The van der Waals surface area contributed by atoms with Gasteiger partial charge in [0.15, 0.2) is 23.8 Å². The molecule has 0 saturated carbocycles. The summed E-state index contributed by atoms with van der Waals surface area (Å²) >= 11 is 0. The minimum atomic E-state index is -1.04. The van der Waals surface area contributed by atoms with Crippen LogP contribution in [-0.4, -0.2) is 47.6 Å². The van der Waals surface area contributed by atoms with E-state index < -0.39 is 23.9 Å². The van der Waals surface area contributed by atoms with Crippen molar-refractivity contribution in [2.24, 2.45) is 0 Å². The lowest BCUT2D eigenvalue weighted by atomic mass is 10.0. The zero-order valence-corrected chi connectivity index (χ0v) is 18.7. The Balaban J connectivity index is 1.37. The first-order chi connectivity index (χ1) is 17.0. The Bertz CT molecular complexity index is 1430. The summed E-state index contributed by atoms with van der Waals surface area (Å²) in [6, 6.07) is 18.5. The maximum Gasteiger partial charge on any atom is 0.506 e. The van der Waals surface area contributed by atoms with E-state index in [1.54, 1.807) is 54.6 Å². The number of hydrogen-bond acceptors (Lipinski definition) is 6. The molecule has 0 bridgehead atoms. The first kappa shape index (κ1) is 20.9. The number of fused-ring (bicyclic) bond motifs is 4. The van der Waals surface area contributed by atoms with Gasteiger partial charge in [-0.1, -0.05) is 29.8 Å². The standard InChI is InChI=1S/C26H19N3O6/c1-15-6-9-17(10-7-15)29-25(31)24-23(18-4-2-3-5-19(18)35-24)28(26(29)32)13-22(30)27-16-8-11-20-21(12-16)34-14-33-20/h2-12,24H,13-14H2,1H3/p+1. The highest BCUT2D eigenvalue weighted by Gasteiger charge is 2.54. The summed E-state index contributed by atoms with van der Waals surface area (Å²) in [7, 11) is 0. The van der Waals surface area contributed by atoms with E-state index in [2.05, 4.69) is 5.32 Å². The molecule has 9 nitrogen and oxygen atoms in total. The molecule has 35 heavy (non-hydrogen) atoms. The number of amides is 4. The Morgan fingerprint density at radius 1 is 1.00 bits per heavy atom. The maximum absolute atomic E-state index is 13.7. The minimum Gasteiger partial charge on any atom is -0.469 e. The molecular weight excluding hydrogens is 450 g/mol. The molecule has 0 spiro atoms. The van der Waals surface area contributed by atoms with Gasteiger partial charge in [0, 0.05) is 11.8 Å². The molecule has 3 heterocycles. The molecule has 0 aromatic heterocycles. The number of aryl methyl sites for hydroxylation is 1. The van der Waals surface area contributed by atoms with Crippen molar-refractivity contribution in [1.29, 1.82) is 0 Å². The number of carbonyl (C=O) groups excluding carboxylic acids is 3. The van der Waals surface area contributed by atoms with E-state index in [0.29, 0.717) is 39.9 Å². The van der Waals surface area contributed by atoms with Crippen LogP contribution < -0.4 is 24.4 Å². The van der Waals surface area contributed by atoms with Crippen LogP contribution in [0.5, 0.6) is 17.2 Å². The molecule has 3 aliphatic heterocycles. The molecular formula is C26H20N3O6+. The third kappa shape index (κ3) is 3.48. The Labute approximate surface area is 200 Å². The van der Waals surface area contributed by atoms with Gasteiger partial charge in [0.05, 0.1) is 5.56 Å². The van der Waals surface area contributed by atoms with Gasteiger partial charge in [-0.3, -0.25) is 4.79 Å². The summed E-state index contributed by atoms with van der Waals surface area (Å²) < 4.78 is 17.9. The van der Waals surface area contributed by atoms with Crippen molar-refractivity contribution < 1.29 is 33.2 Å². The van der Waals surface area contributed by atoms with E-state index in [4.69, 9.17) is 14.2 Å². The van der Waals surface area contributed by atoms with Gasteiger partial charge < -0.3 is 19.5 Å². The molecule has 0 saturated heterocycles. The number of hydrogen-bond donors (Lipinski definition) is 1. The zero-order valence-electron chi connectivity index (χ0n) is 18.7. The van der Waals surface area contributed by atoms with E-state index in [1.807, 2.05) is 19.1 Å². The molecule has 4 amide bonds. The van der Waals surface area contributed by atoms with Crippen LogP contribution in [0.25, 0.3) is 0 Å². The number of benzene rings is 3. The number of carbonyl (C=O) groups is 3. The molecule has 174 valence electrons. The van der Waals surface area contributed by atoms with Crippen molar-refractivity contribution in [1.82, 2.24) is 0 Å². The van der Waals surface area contributed by atoms with E-state index in [1.165, 1.54) is 4.58 Å². The van der Waals surface area contributed by atoms with Crippen LogP contribution in [0.15, 0.2) is 66.7 Å². The largest absolute Gasteiger partial charge is 0.506 e. The number of para-hydroxylation sites is 1. The maximum atomic E-state index is 13.7. The number of urea groups is 1. The first-order valence-corrected chi connectivity index (χ1v) is 11.0. The molecule has 9 heteroatoms. The van der Waals surface area contributed by atoms with Crippen LogP contribution in [0, 0.1) is 6.92 Å². The van der Waals surface area contributed by atoms with Crippen molar-refractivity contribution in [3.05, 3.63) is 77.9 Å². The molecule has 1 atom stereocenters. The average Bonchev–Trinajstić information content (AvgIpc) is 3.47. The van der Waals surface area contributed by atoms with E-state index in [0.717, 1.165) is 10.5 Å². The van der Waals surface area contributed by atoms with Crippen molar-refractivity contribution in [2.75, 3.05) is 23.6 Å². The molecule has 3 aliphatic rings. The fourth-order valence-electron chi connectivity index (χ4n) is 4.40. The highest BCUT2D eigenvalue weighted by Crippen LogP contribution is 2.35. The van der Waals surface area contributed by atoms with Gasteiger partial charge in [-0.05, 0) is 43.3 Å². The number of imide groups is 1. The fourth-order valence-corrected chi connectivity index (χ4v) is 4.40. The lowest BCUT2D eigenvalue weighted by molar-refractivity contribution is -0.416. The number of anilines is 2. The fraction of sp³-hybridized carbons (Fsp3) is 0.154. The summed E-state index contributed by atoms with van der Waals surface area (Å²) in [6.07, 6.45) is -1.04. The Morgan fingerprint density at radius 3 is 2.60 bits per heavy atom. The van der Waals surface area contributed by atoms with E-state index in [9.17, 15) is 14.4 Å². The summed E-state index contributed by atoms with van der Waals surface area (Å²) in [5, 5.41) is 2.79. The number of ether oxygens (including phenoxy) is 3. The molecule has 0 aliphatic carbocycles. The monoisotopic (exact) mass is 470 g/mol. The molecule has 0 radical (unpaired) electrons. The predicted molar refractivity (Wildman–Crippen MR) is 125 cm³/mol. The van der Waals surface area contributed by atoms with Crippen molar-refractivity contribution in [3.63, 3.8) is 0 Å². The molecule has 3 aromatic carbocycles. The summed E-state index contributed by atoms with van der Waals surface area (Å²) in [4.78, 5) is 41.2. The lowest BCUT2D eigenvalue weighted by Gasteiger charge is -2.24. The molecule has 0 fully saturated rings. The predicted octanol–water partition coefficient (Wildman–Crippen LogP) is 3.09. The van der Waals surface area contributed by atoms with Crippen molar-refractivity contribution in [2.45, 2.75) is 13.0 Å². The van der Waals surface area contributed by atoms with E-state index >= 15 is 0 Å². The lowest BCUT2D eigenvalue weighted by Crippen LogP contribution is -2.59. The summed E-state index contributed by atoms with van der Waals surface area (Å²) in [5.74, 6) is 0.671. The van der Waals surface area contributed by atoms with Gasteiger partial charge >= 0.3 is 11.9 Å². The SMILES string of the molecule is Cc1ccc(N2C(=O)C3Oc4ccccc4C3=[N+](CC(=O)Nc3ccc4c(c3)OCO4)C2=O)cc1. The Hall–Kier alpha value is -4.66. The third-order valence-corrected chi connectivity index (χ3v) is 6.06. The zero-order chi connectivity index (χ0) is 24.1. The van der Waals surface area contributed by atoms with Gasteiger partial charge in [-0.25, -0.2) is 4.79 Å². The topological polar surface area (TPSA) is 97.2 Å². The number of nitrogens with zero attached hydrogens (tertiary/aromatic N) is 2. The van der Waals surface area contributed by atoms with E-state index in [-0.39, 0.29) is 13.3 Å². The van der Waals surface area contributed by atoms with Gasteiger partial charge in [0.25, 0.3) is 12.0 Å². The van der Waals surface area contributed by atoms with Gasteiger partial charge in [-0.15, -0.1) is 4.90 Å². The summed E-state index contributed by atoms with van der Waals surface area (Å²) in [5.41, 5.74) is 2.87.